The molecule has 5 aromatic rings. The Morgan fingerprint density at radius 3 is 1.71 bits per heavy atom. The molecule has 172 valence electrons. The fraction of sp³-hybridized carbons (Fsp3) is 0.0667. The van der Waals surface area contributed by atoms with Gasteiger partial charge in [-0.25, -0.2) is 4.98 Å². The van der Waals surface area contributed by atoms with Gasteiger partial charge >= 0.3 is 0 Å². The zero-order valence-corrected chi connectivity index (χ0v) is 20.2. The van der Waals surface area contributed by atoms with Crippen LogP contribution in [0, 0.1) is 6.92 Å². The smallest absolute Gasteiger partial charge is 0.203 e. The molecule has 1 aromatic heterocycles. The Balaban J connectivity index is 1.49. The third-order valence-corrected chi connectivity index (χ3v) is 6.55. The molecule has 0 aliphatic rings. The summed E-state index contributed by atoms with van der Waals surface area (Å²) in [5.74, 6) is 0.766. The van der Waals surface area contributed by atoms with E-state index in [9.17, 15) is 0 Å². The van der Waals surface area contributed by atoms with Crippen LogP contribution in [0.15, 0.2) is 126 Å². The van der Waals surface area contributed by atoms with Crippen LogP contribution in [0.25, 0.3) is 0 Å². The minimum atomic E-state index is -0.802. The van der Waals surface area contributed by atoms with Gasteiger partial charge in [-0.1, -0.05) is 91.0 Å². The van der Waals surface area contributed by atoms with Gasteiger partial charge < -0.3 is 4.74 Å². The summed E-state index contributed by atoms with van der Waals surface area (Å²) < 4.78 is 6.92. The summed E-state index contributed by atoms with van der Waals surface area (Å²) in [6.45, 7) is 1.96. The quantitative estimate of drug-likeness (QED) is 0.146. The second-order valence-corrected chi connectivity index (χ2v) is 8.97. The lowest BCUT2D eigenvalue weighted by atomic mass is 9.80. The predicted molar refractivity (Wildman–Crippen MR) is 144 cm³/mol. The first kappa shape index (κ1) is 22.6. The van der Waals surface area contributed by atoms with Crippen LogP contribution in [0.2, 0.25) is 0 Å². The number of thiazole rings is 1. The molecule has 0 aliphatic heterocycles. The average molecular weight is 476 g/mol. The highest BCUT2D eigenvalue weighted by molar-refractivity contribution is 7.13. The fourth-order valence-electron chi connectivity index (χ4n) is 4.06. The molecule has 0 spiro atoms. The van der Waals surface area contributed by atoms with E-state index in [0.717, 1.165) is 38.8 Å². The SMILES string of the molecule is Cc1csc(NN=Cc2ccc(OC(c3ccccc3)(c3ccccc3)c3ccccc3)cc2)n1. The number of nitrogens with zero attached hydrogens (tertiary/aromatic N) is 2. The number of anilines is 1. The molecule has 4 nitrogen and oxygen atoms in total. The molecule has 0 fully saturated rings. The third kappa shape index (κ3) is 5.00. The van der Waals surface area contributed by atoms with E-state index in [0.29, 0.717) is 0 Å². The van der Waals surface area contributed by atoms with Gasteiger partial charge in [-0.3, -0.25) is 5.43 Å². The van der Waals surface area contributed by atoms with Crippen molar-refractivity contribution < 1.29 is 4.74 Å². The van der Waals surface area contributed by atoms with E-state index >= 15 is 0 Å². The second-order valence-electron chi connectivity index (χ2n) is 8.11. The fourth-order valence-corrected chi connectivity index (χ4v) is 4.70. The minimum Gasteiger partial charge on any atom is -0.473 e. The molecule has 0 unspecified atom stereocenters. The maximum absolute atomic E-state index is 6.92. The van der Waals surface area contributed by atoms with Crippen molar-refractivity contribution >= 4 is 22.7 Å². The van der Waals surface area contributed by atoms with Crippen LogP contribution in [-0.4, -0.2) is 11.2 Å². The summed E-state index contributed by atoms with van der Waals surface area (Å²) in [4.78, 5) is 4.36. The Morgan fingerprint density at radius 2 is 1.26 bits per heavy atom. The van der Waals surface area contributed by atoms with Gasteiger partial charge in [0.2, 0.25) is 5.13 Å². The van der Waals surface area contributed by atoms with E-state index in [1.165, 1.54) is 11.3 Å². The Morgan fingerprint density at radius 1 is 0.743 bits per heavy atom. The maximum Gasteiger partial charge on any atom is 0.203 e. The van der Waals surface area contributed by atoms with Crippen LogP contribution in [0.4, 0.5) is 5.13 Å². The zero-order valence-electron chi connectivity index (χ0n) is 19.3. The summed E-state index contributed by atoms with van der Waals surface area (Å²) in [7, 11) is 0. The van der Waals surface area contributed by atoms with Crippen molar-refractivity contribution in [1.29, 1.82) is 0 Å². The van der Waals surface area contributed by atoms with Crippen LogP contribution < -0.4 is 10.2 Å². The van der Waals surface area contributed by atoms with E-state index < -0.39 is 5.60 Å². The third-order valence-electron chi connectivity index (χ3n) is 5.68. The van der Waals surface area contributed by atoms with Gasteiger partial charge in [-0.2, -0.15) is 5.10 Å². The second kappa shape index (κ2) is 10.4. The van der Waals surface area contributed by atoms with Crippen molar-refractivity contribution in [3.63, 3.8) is 0 Å². The molecule has 35 heavy (non-hydrogen) atoms. The number of nitrogens with one attached hydrogen (secondary N) is 1. The van der Waals surface area contributed by atoms with Crippen molar-refractivity contribution in [3.05, 3.63) is 149 Å². The van der Waals surface area contributed by atoms with E-state index in [1.807, 2.05) is 54.8 Å². The molecule has 4 aromatic carbocycles. The predicted octanol–water partition coefficient (Wildman–Crippen LogP) is 7.27. The molecular weight excluding hydrogens is 450 g/mol. The monoisotopic (exact) mass is 475 g/mol. The highest BCUT2D eigenvalue weighted by atomic mass is 32.1. The molecular formula is C30H25N3OS. The average Bonchev–Trinajstić information content (AvgIpc) is 3.34. The largest absolute Gasteiger partial charge is 0.473 e. The van der Waals surface area contributed by atoms with Crippen LogP contribution in [0.1, 0.15) is 27.9 Å². The Hall–Kier alpha value is -4.22. The molecule has 1 heterocycles. The number of benzene rings is 4. The first-order valence-electron chi connectivity index (χ1n) is 11.4. The van der Waals surface area contributed by atoms with Gasteiger partial charge in [0.25, 0.3) is 0 Å². The Labute approximate surface area is 209 Å². The highest BCUT2D eigenvalue weighted by Gasteiger charge is 2.38. The normalized spacial score (nSPS) is 11.5. The number of hydrazone groups is 1. The first-order valence-corrected chi connectivity index (χ1v) is 12.3. The maximum atomic E-state index is 6.92. The van der Waals surface area contributed by atoms with Crippen LogP contribution in [0.5, 0.6) is 5.75 Å². The lowest BCUT2D eigenvalue weighted by Gasteiger charge is -2.36. The van der Waals surface area contributed by atoms with Gasteiger partial charge in [-0.15, -0.1) is 11.3 Å². The summed E-state index contributed by atoms with van der Waals surface area (Å²) in [6.07, 6.45) is 1.78. The number of aryl methyl sites for hydroxylation is 1. The topological polar surface area (TPSA) is 46.5 Å². The molecule has 0 radical (unpaired) electrons. The van der Waals surface area contributed by atoms with Crippen LogP contribution in [0.3, 0.4) is 0 Å². The van der Waals surface area contributed by atoms with Crippen molar-refractivity contribution in [1.82, 2.24) is 4.98 Å². The molecule has 0 amide bonds. The molecule has 0 atom stereocenters. The van der Waals surface area contributed by atoms with Gasteiger partial charge in [0.1, 0.15) is 5.75 Å². The van der Waals surface area contributed by atoms with Crippen molar-refractivity contribution in [2.24, 2.45) is 5.10 Å². The van der Waals surface area contributed by atoms with Gasteiger partial charge in [-0.05, 0) is 36.8 Å². The summed E-state index contributed by atoms with van der Waals surface area (Å²) in [5.41, 5.74) is 7.30. The zero-order chi connectivity index (χ0) is 23.9. The van der Waals surface area contributed by atoms with E-state index in [-0.39, 0.29) is 0 Å². The van der Waals surface area contributed by atoms with E-state index in [1.54, 1.807) is 6.21 Å². The summed E-state index contributed by atoms with van der Waals surface area (Å²) in [5, 5.41) is 7.07. The van der Waals surface area contributed by atoms with Gasteiger partial charge in [0, 0.05) is 22.1 Å². The van der Waals surface area contributed by atoms with E-state index in [2.05, 4.69) is 88.3 Å². The summed E-state index contributed by atoms with van der Waals surface area (Å²) >= 11 is 1.53. The van der Waals surface area contributed by atoms with Crippen molar-refractivity contribution in [3.8, 4) is 5.75 Å². The molecule has 0 saturated heterocycles. The first-order chi connectivity index (χ1) is 17.2. The number of ether oxygens (including phenoxy) is 1. The molecule has 0 bridgehead atoms. The Bertz CT molecular complexity index is 1290. The standard InChI is InChI=1S/C30H25N3OS/c1-23-22-35-29(32-23)33-31-21-24-17-19-28(20-18-24)34-30(25-11-5-2-6-12-25,26-13-7-3-8-14-26)27-15-9-4-10-16-27/h2-22H,1H3,(H,32,33). The number of rotatable bonds is 8. The van der Waals surface area contributed by atoms with Crippen molar-refractivity contribution in [2.75, 3.05) is 5.43 Å². The molecule has 5 heteroatoms. The summed E-state index contributed by atoms with van der Waals surface area (Å²) in [6, 6.07) is 39.1. The molecule has 0 saturated carbocycles. The lowest BCUT2D eigenvalue weighted by Crippen LogP contribution is -2.36. The number of aromatic nitrogens is 1. The van der Waals surface area contributed by atoms with Gasteiger partial charge in [0.15, 0.2) is 5.60 Å². The highest BCUT2D eigenvalue weighted by Crippen LogP contribution is 2.41. The van der Waals surface area contributed by atoms with E-state index in [4.69, 9.17) is 4.74 Å². The van der Waals surface area contributed by atoms with Crippen LogP contribution >= 0.6 is 11.3 Å². The van der Waals surface area contributed by atoms with Crippen molar-refractivity contribution in [2.45, 2.75) is 12.5 Å². The Kier molecular flexibility index (Phi) is 6.68. The molecule has 1 N–H and O–H groups in total. The molecule has 0 aliphatic carbocycles. The van der Waals surface area contributed by atoms with Crippen LogP contribution in [-0.2, 0) is 5.60 Å². The van der Waals surface area contributed by atoms with Gasteiger partial charge in [0.05, 0.1) is 11.9 Å². The number of hydrogen-bond donors (Lipinski definition) is 1. The molecule has 5 rings (SSSR count). The minimum absolute atomic E-state index is 0.766. The lowest BCUT2D eigenvalue weighted by molar-refractivity contribution is 0.155. The number of hydrogen-bond acceptors (Lipinski definition) is 5.